The van der Waals surface area contributed by atoms with Crippen molar-refractivity contribution in [3.8, 4) is 17.2 Å². The molecule has 3 aromatic rings. The van der Waals surface area contributed by atoms with E-state index in [1.54, 1.807) is 12.0 Å². The predicted molar refractivity (Wildman–Crippen MR) is 133 cm³/mol. The third-order valence-corrected chi connectivity index (χ3v) is 5.95. The van der Waals surface area contributed by atoms with E-state index in [0.717, 1.165) is 22.7 Å². The fraction of sp³-hybridized carbons (Fsp3) is 0.120. The average molecular weight is 464 g/mol. The number of anilines is 1. The van der Waals surface area contributed by atoms with Crippen molar-refractivity contribution >= 4 is 46.0 Å². The third kappa shape index (κ3) is 5.30. The highest BCUT2D eigenvalue weighted by Gasteiger charge is 2.33. The number of nitrogens with zero attached hydrogens (tertiary/aromatic N) is 1. The second kappa shape index (κ2) is 10.3. The van der Waals surface area contributed by atoms with E-state index in [2.05, 4.69) is 0 Å². The Morgan fingerprint density at radius 3 is 2.28 bits per heavy atom. The Kier molecular flexibility index (Phi) is 7.09. The summed E-state index contributed by atoms with van der Waals surface area (Å²) in [6.45, 7) is 0.803. The van der Waals surface area contributed by atoms with Crippen LogP contribution in [0, 0.1) is 0 Å². The van der Waals surface area contributed by atoms with Gasteiger partial charge in [0.15, 0.2) is 4.32 Å². The van der Waals surface area contributed by atoms with Crippen molar-refractivity contribution in [2.24, 2.45) is 0 Å². The number of para-hydroxylation sites is 1. The number of ether oxygens (including phenoxy) is 3. The number of hydrogen-bond donors (Lipinski definition) is 0. The fourth-order valence-electron chi connectivity index (χ4n) is 3.10. The summed E-state index contributed by atoms with van der Waals surface area (Å²) in [7, 11) is 1.63. The number of methoxy groups -OCH3 is 1. The molecule has 0 aliphatic carbocycles. The van der Waals surface area contributed by atoms with E-state index in [4.69, 9.17) is 26.4 Å². The third-order valence-electron chi connectivity index (χ3n) is 4.64. The molecule has 0 N–H and O–H groups in total. The van der Waals surface area contributed by atoms with E-state index < -0.39 is 0 Å². The zero-order chi connectivity index (χ0) is 22.3. The molecule has 3 aromatic carbocycles. The van der Waals surface area contributed by atoms with Crippen LogP contribution < -0.4 is 19.1 Å². The largest absolute Gasteiger partial charge is 0.497 e. The molecular formula is C25H21NO4S2. The minimum Gasteiger partial charge on any atom is -0.497 e. The highest BCUT2D eigenvalue weighted by atomic mass is 32.2. The van der Waals surface area contributed by atoms with Gasteiger partial charge in [0.25, 0.3) is 5.91 Å². The average Bonchev–Trinajstić information content (AvgIpc) is 3.10. The van der Waals surface area contributed by atoms with E-state index in [0.29, 0.717) is 28.2 Å². The molecule has 1 saturated heterocycles. The number of hydrogen-bond acceptors (Lipinski definition) is 6. The molecular weight excluding hydrogens is 442 g/mol. The summed E-state index contributed by atoms with van der Waals surface area (Å²) in [6, 6.07) is 24.4. The van der Waals surface area contributed by atoms with Crippen molar-refractivity contribution in [1.82, 2.24) is 0 Å². The lowest BCUT2D eigenvalue weighted by atomic mass is 10.2. The Morgan fingerprint density at radius 1 is 0.875 bits per heavy atom. The molecule has 0 aromatic heterocycles. The molecule has 1 heterocycles. The molecule has 4 rings (SSSR count). The van der Waals surface area contributed by atoms with Gasteiger partial charge in [0.2, 0.25) is 0 Å². The maximum atomic E-state index is 12.9. The summed E-state index contributed by atoms with van der Waals surface area (Å²) >= 11 is 6.72. The monoisotopic (exact) mass is 463 g/mol. The minimum atomic E-state index is -0.120. The fourth-order valence-corrected chi connectivity index (χ4v) is 4.40. The molecule has 0 saturated carbocycles. The lowest BCUT2D eigenvalue weighted by Gasteiger charge is -2.13. The highest BCUT2D eigenvalue weighted by molar-refractivity contribution is 8.27. The number of rotatable bonds is 8. The molecule has 7 heteroatoms. The Labute approximate surface area is 196 Å². The minimum absolute atomic E-state index is 0.120. The molecule has 0 unspecified atom stereocenters. The Morgan fingerprint density at radius 2 is 1.56 bits per heavy atom. The molecule has 162 valence electrons. The summed E-state index contributed by atoms with van der Waals surface area (Å²) < 4.78 is 17.2. The first-order valence-electron chi connectivity index (χ1n) is 9.97. The normalized spacial score (nSPS) is 14.7. The van der Waals surface area contributed by atoms with E-state index in [1.165, 1.54) is 11.8 Å². The second-order valence-corrected chi connectivity index (χ2v) is 8.47. The van der Waals surface area contributed by atoms with Crippen LogP contribution in [0.4, 0.5) is 5.69 Å². The van der Waals surface area contributed by atoms with Crippen LogP contribution in [0.3, 0.4) is 0 Å². The molecule has 0 spiro atoms. The maximum absolute atomic E-state index is 12.9. The molecule has 1 aliphatic rings. The first kappa shape index (κ1) is 21.9. The van der Waals surface area contributed by atoms with Crippen molar-refractivity contribution < 1.29 is 19.0 Å². The first-order valence-corrected chi connectivity index (χ1v) is 11.2. The lowest BCUT2D eigenvalue weighted by Crippen LogP contribution is -2.27. The zero-order valence-corrected chi connectivity index (χ0v) is 19.0. The Balaban J connectivity index is 1.36. The summed E-state index contributed by atoms with van der Waals surface area (Å²) in [6.07, 6.45) is 1.84. The molecule has 32 heavy (non-hydrogen) atoms. The quantitative estimate of drug-likeness (QED) is 0.248. The van der Waals surface area contributed by atoms with Gasteiger partial charge in [0.05, 0.1) is 17.7 Å². The number of carbonyl (C=O) groups is 1. The van der Waals surface area contributed by atoms with Gasteiger partial charge in [-0.05, 0) is 60.2 Å². The van der Waals surface area contributed by atoms with Gasteiger partial charge in [0, 0.05) is 0 Å². The summed E-state index contributed by atoms with van der Waals surface area (Å²) in [5.41, 5.74) is 1.64. The van der Waals surface area contributed by atoms with Gasteiger partial charge in [-0.3, -0.25) is 9.69 Å². The summed E-state index contributed by atoms with van der Waals surface area (Å²) in [5, 5.41) is 0. The second-order valence-electron chi connectivity index (χ2n) is 6.80. The standard InChI is InChI=1S/C25H21NO4S2/c1-28-20-10-12-21(13-11-20)29-14-15-30-22-9-5-6-18(16-22)17-23-24(27)26(25(31)32-23)19-7-3-2-4-8-19/h2-13,16-17H,14-15H2,1H3. The van der Waals surface area contributed by atoms with E-state index in [-0.39, 0.29) is 5.91 Å². The molecule has 0 atom stereocenters. The highest BCUT2D eigenvalue weighted by Crippen LogP contribution is 2.36. The van der Waals surface area contributed by atoms with Gasteiger partial charge in [-0.2, -0.15) is 0 Å². The van der Waals surface area contributed by atoms with Crippen molar-refractivity contribution in [2.75, 3.05) is 25.2 Å². The lowest BCUT2D eigenvalue weighted by molar-refractivity contribution is -0.113. The van der Waals surface area contributed by atoms with Crippen molar-refractivity contribution in [3.63, 3.8) is 0 Å². The molecule has 1 fully saturated rings. The maximum Gasteiger partial charge on any atom is 0.270 e. The van der Waals surface area contributed by atoms with Crippen LogP contribution in [-0.4, -0.2) is 30.6 Å². The Bertz CT molecular complexity index is 1130. The van der Waals surface area contributed by atoms with Crippen molar-refractivity contribution in [1.29, 1.82) is 0 Å². The first-order chi connectivity index (χ1) is 15.6. The summed E-state index contributed by atoms with van der Waals surface area (Å²) in [4.78, 5) is 15.0. The van der Waals surface area contributed by atoms with E-state index in [1.807, 2.05) is 84.9 Å². The van der Waals surface area contributed by atoms with Crippen LogP contribution in [0.1, 0.15) is 5.56 Å². The van der Waals surface area contributed by atoms with Crippen LogP contribution in [-0.2, 0) is 4.79 Å². The molecule has 1 aliphatic heterocycles. The Hall–Kier alpha value is -3.29. The molecule has 0 radical (unpaired) electrons. The van der Waals surface area contributed by atoms with Gasteiger partial charge in [-0.1, -0.05) is 54.3 Å². The van der Waals surface area contributed by atoms with Gasteiger partial charge in [-0.15, -0.1) is 0 Å². The number of amides is 1. The number of carbonyl (C=O) groups excluding carboxylic acids is 1. The topological polar surface area (TPSA) is 48.0 Å². The van der Waals surface area contributed by atoms with Crippen LogP contribution in [0.25, 0.3) is 6.08 Å². The van der Waals surface area contributed by atoms with Crippen LogP contribution in [0.15, 0.2) is 83.8 Å². The van der Waals surface area contributed by atoms with E-state index >= 15 is 0 Å². The van der Waals surface area contributed by atoms with Crippen molar-refractivity contribution in [3.05, 3.63) is 89.3 Å². The van der Waals surface area contributed by atoms with Crippen molar-refractivity contribution in [2.45, 2.75) is 0 Å². The van der Waals surface area contributed by atoms with Crippen LogP contribution in [0.2, 0.25) is 0 Å². The molecule has 1 amide bonds. The van der Waals surface area contributed by atoms with Crippen LogP contribution >= 0.6 is 24.0 Å². The predicted octanol–water partition coefficient (Wildman–Crippen LogP) is 5.56. The van der Waals surface area contributed by atoms with Crippen LogP contribution in [0.5, 0.6) is 17.2 Å². The smallest absolute Gasteiger partial charge is 0.270 e. The number of benzene rings is 3. The van der Waals surface area contributed by atoms with E-state index in [9.17, 15) is 4.79 Å². The summed E-state index contributed by atoms with van der Waals surface area (Å²) in [5.74, 6) is 2.12. The SMILES string of the molecule is COc1ccc(OCCOc2cccc(C=C3SC(=S)N(c4ccccc4)C3=O)c2)cc1. The van der Waals surface area contributed by atoms with Gasteiger partial charge < -0.3 is 14.2 Å². The number of thioether (sulfide) groups is 1. The van der Waals surface area contributed by atoms with Gasteiger partial charge >= 0.3 is 0 Å². The van der Waals surface area contributed by atoms with Gasteiger partial charge in [-0.25, -0.2) is 0 Å². The zero-order valence-electron chi connectivity index (χ0n) is 17.4. The van der Waals surface area contributed by atoms with Gasteiger partial charge in [0.1, 0.15) is 30.5 Å². The molecule has 5 nitrogen and oxygen atoms in total. The molecule has 0 bridgehead atoms. The number of thiocarbonyl (C=S) groups is 1.